The van der Waals surface area contributed by atoms with Gasteiger partial charge in [0.25, 0.3) is 0 Å². The molecule has 0 aromatic carbocycles. The number of nitrogens with zero attached hydrogens (tertiary/aromatic N) is 1. The van der Waals surface area contributed by atoms with Crippen LogP contribution in [0.15, 0.2) is 0 Å². The fourth-order valence-electron chi connectivity index (χ4n) is 3.22. The minimum atomic E-state index is -0.764. The molecular formula is C14H24N2O2S. The Morgan fingerprint density at radius 2 is 2.05 bits per heavy atom. The van der Waals surface area contributed by atoms with Gasteiger partial charge in [-0.2, -0.15) is 11.8 Å². The number of hydrogen-bond acceptors (Lipinski definition) is 3. The van der Waals surface area contributed by atoms with Gasteiger partial charge in [0.2, 0.25) is 11.8 Å². The first kappa shape index (κ1) is 14.7. The Bertz CT molecular complexity index is 384. The molecule has 5 heteroatoms. The first-order chi connectivity index (χ1) is 8.90. The molecule has 2 aliphatic rings. The van der Waals surface area contributed by atoms with Crippen molar-refractivity contribution in [1.82, 2.24) is 10.2 Å². The first-order valence-electron chi connectivity index (χ1n) is 7.08. The summed E-state index contributed by atoms with van der Waals surface area (Å²) in [6.45, 7) is 5.57. The Labute approximate surface area is 119 Å². The van der Waals surface area contributed by atoms with Crippen LogP contribution in [0, 0.1) is 0 Å². The summed E-state index contributed by atoms with van der Waals surface area (Å²) in [4.78, 5) is 26.7. The van der Waals surface area contributed by atoms with Gasteiger partial charge in [0, 0.05) is 11.3 Å². The topological polar surface area (TPSA) is 49.4 Å². The van der Waals surface area contributed by atoms with Crippen molar-refractivity contribution in [2.45, 2.75) is 69.3 Å². The van der Waals surface area contributed by atoms with E-state index in [1.165, 1.54) is 0 Å². The van der Waals surface area contributed by atoms with Crippen LogP contribution in [0.3, 0.4) is 0 Å². The smallest absolute Gasteiger partial charge is 0.248 e. The highest BCUT2D eigenvalue weighted by molar-refractivity contribution is 7.99. The molecular weight excluding hydrogens is 260 g/mol. The minimum absolute atomic E-state index is 0.000276. The van der Waals surface area contributed by atoms with Gasteiger partial charge in [-0.1, -0.05) is 6.92 Å². The zero-order chi connectivity index (χ0) is 14.2. The summed E-state index contributed by atoms with van der Waals surface area (Å²) in [7, 11) is 0. The van der Waals surface area contributed by atoms with Gasteiger partial charge in [-0.25, -0.2) is 0 Å². The summed E-state index contributed by atoms with van der Waals surface area (Å²) in [6, 6.07) is -0.0497. The van der Waals surface area contributed by atoms with Crippen LogP contribution in [0.2, 0.25) is 0 Å². The van der Waals surface area contributed by atoms with Crippen LogP contribution in [-0.2, 0) is 9.59 Å². The molecule has 1 aliphatic carbocycles. The average molecular weight is 284 g/mol. The van der Waals surface area contributed by atoms with E-state index in [9.17, 15) is 9.59 Å². The van der Waals surface area contributed by atoms with Crippen molar-refractivity contribution in [3.63, 3.8) is 0 Å². The highest BCUT2D eigenvalue weighted by atomic mass is 32.2. The van der Waals surface area contributed by atoms with Crippen LogP contribution in [0.4, 0.5) is 0 Å². The predicted octanol–water partition coefficient (Wildman–Crippen LogP) is 1.79. The summed E-state index contributed by atoms with van der Waals surface area (Å²) in [6.07, 6.45) is 6.01. The molecule has 0 radical (unpaired) electrons. The van der Waals surface area contributed by atoms with Gasteiger partial charge < -0.3 is 10.2 Å². The molecule has 1 heterocycles. The van der Waals surface area contributed by atoms with Crippen molar-refractivity contribution in [3.05, 3.63) is 0 Å². The van der Waals surface area contributed by atoms with Gasteiger partial charge in [-0.15, -0.1) is 0 Å². The second-order valence-corrected chi connectivity index (χ2v) is 7.21. The van der Waals surface area contributed by atoms with Crippen LogP contribution in [0.5, 0.6) is 0 Å². The van der Waals surface area contributed by atoms with E-state index in [0.29, 0.717) is 11.7 Å². The molecule has 1 saturated heterocycles. The highest BCUT2D eigenvalue weighted by Crippen LogP contribution is 2.35. The number of amides is 2. The van der Waals surface area contributed by atoms with Crippen molar-refractivity contribution in [2.75, 3.05) is 6.26 Å². The molecule has 1 saturated carbocycles. The third-order valence-corrected chi connectivity index (χ3v) is 5.41. The molecule has 0 aromatic heterocycles. The maximum Gasteiger partial charge on any atom is 0.248 e. The lowest BCUT2D eigenvalue weighted by atomic mass is 9.93. The number of piperazine rings is 1. The molecule has 2 fully saturated rings. The number of rotatable bonds is 3. The molecule has 0 aromatic rings. The van der Waals surface area contributed by atoms with Crippen LogP contribution in [0.25, 0.3) is 0 Å². The predicted molar refractivity (Wildman–Crippen MR) is 78.1 cm³/mol. The van der Waals surface area contributed by atoms with Gasteiger partial charge in [-0.05, 0) is 45.8 Å². The van der Waals surface area contributed by atoms with Gasteiger partial charge in [0.05, 0.1) is 0 Å². The third-order valence-electron chi connectivity index (χ3n) is 4.31. The van der Waals surface area contributed by atoms with E-state index < -0.39 is 5.54 Å². The molecule has 0 spiro atoms. The molecule has 3 atom stereocenters. The standard InChI is InChI=1S/C14H24N2O2S/c1-5-11-12(17)15-14(2,3)13(18)16(11)9-6-7-10(8-9)19-4/h9-11H,5-8H2,1-4H3,(H,15,17). The van der Waals surface area contributed by atoms with E-state index >= 15 is 0 Å². The van der Waals surface area contributed by atoms with Gasteiger partial charge >= 0.3 is 0 Å². The van der Waals surface area contributed by atoms with E-state index in [2.05, 4.69) is 11.6 Å². The molecule has 19 heavy (non-hydrogen) atoms. The fraction of sp³-hybridized carbons (Fsp3) is 0.857. The second-order valence-electron chi connectivity index (χ2n) is 6.08. The number of nitrogens with one attached hydrogen (secondary N) is 1. The van der Waals surface area contributed by atoms with Gasteiger partial charge in [0.15, 0.2) is 0 Å². The first-order valence-corrected chi connectivity index (χ1v) is 8.37. The maximum absolute atomic E-state index is 12.6. The summed E-state index contributed by atoms with van der Waals surface area (Å²) < 4.78 is 0. The molecule has 2 rings (SSSR count). The number of thioether (sulfide) groups is 1. The van der Waals surface area contributed by atoms with Gasteiger partial charge in [0.1, 0.15) is 11.6 Å². The summed E-state index contributed by atoms with van der Waals surface area (Å²) in [5, 5.41) is 3.48. The molecule has 2 amide bonds. The highest BCUT2D eigenvalue weighted by Gasteiger charge is 2.48. The largest absolute Gasteiger partial charge is 0.340 e. The number of carbonyl (C=O) groups is 2. The zero-order valence-electron chi connectivity index (χ0n) is 12.2. The second kappa shape index (κ2) is 5.35. The number of carbonyl (C=O) groups excluding carboxylic acids is 2. The quantitative estimate of drug-likeness (QED) is 0.859. The molecule has 3 unspecified atom stereocenters. The van der Waals surface area contributed by atoms with E-state index in [0.717, 1.165) is 19.3 Å². The van der Waals surface area contributed by atoms with Crippen LogP contribution < -0.4 is 5.32 Å². The van der Waals surface area contributed by atoms with E-state index in [1.54, 1.807) is 13.8 Å². The van der Waals surface area contributed by atoms with Crippen LogP contribution in [-0.4, -0.2) is 45.8 Å². The minimum Gasteiger partial charge on any atom is -0.340 e. The molecule has 0 bridgehead atoms. The van der Waals surface area contributed by atoms with E-state index in [-0.39, 0.29) is 23.9 Å². The summed E-state index contributed by atoms with van der Waals surface area (Å²) in [5.41, 5.74) is -0.764. The van der Waals surface area contributed by atoms with Crippen molar-refractivity contribution < 1.29 is 9.59 Å². The Morgan fingerprint density at radius 1 is 1.37 bits per heavy atom. The summed E-state index contributed by atoms with van der Waals surface area (Å²) in [5.74, 6) is 0.0744. The van der Waals surface area contributed by atoms with Gasteiger partial charge in [-0.3, -0.25) is 9.59 Å². The molecule has 4 nitrogen and oxygen atoms in total. The lowest BCUT2D eigenvalue weighted by molar-refractivity contribution is -0.156. The molecule has 108 valence electrons. The van der Waals surface area contributed by atoms with Crippen LogP contribution in [0.1, 0.15) is 46.5 Å². The van der Waals surface area contributed by atoms with E-state index in [1.807, 2.05) is 23.6 Å². The van der Waals surface area contributed by atoms with Crippen molar-refractivity contribution >= 4 is 23.6 Å². The SMILES string of the molecule is CCC1C(=O)NC(C)(C)C(=O)N1C1CCC(SC)C1. The van der Waals surface area contributed by atoms with Crippen molar-refractivity contribution in [2.24, 2.45) is 0 Å². The molecule has 1 N–H and O–H groups in total. The zero-order valence-corrected chi connectivity index (χ0v) is 13.0. The molecule has 1 aliphatic heterocycles. The Kier molecular flexibility index (Phi) is 4.14. The average Bonchev–Trinajstić information content (AvgIpc) is 2.81. The monoisotopic (exact) mass is 284 g/mol. The Hall–Kier alpha value is -0.710. The lowest BCUT2D eigenvalue weighted by Gasteiger charge is -2.45. The van der Waals surface area contributed by atoms with E-state index in [4.69, 9.17) is 0 Å². The maximum atomic E-state index is 12.6. The third kappa shape index (κ3) is 2.62. The summed E-state index contributed by atoms with van der Waals surface area (Å²) >= 11 is 1.87. The van der Waals surface area contributed by atoms with Crippen LogP contribution >= 0.6 is 11.8 Å². The normalized spacial score (nSPS) is 34.5. The van der Waals surface area contributed by atoms with Crippen molar-refractivity contribution in [1.29, 1.82) is 0 Å². The fourth-order valence-corrected chi connectivity index (χ4v) is 4.01. The Morgan fingerprint density at radius 3 is 2.58 bits per heavy atom. The van der Waals surface area contributed by atoms with Crippen molar-refractivity contribution in [3.8, 4) is 0 Å². The Balaban J connectivity index is 2.23. The lowest BCUT2D eigenvalue weighted by Crippen LogP contribution is -2.69. The number of hydrogen-bond donors (Lipinski definition) is 1.